The van der Waals surface area contributed by atoms with Crippen LogP contribution in [0.5, 0.6) is 0 Å². The molecular weight excluding hydrogens is 202 g/mol. The summed E-state index contributed by atoms with van der Waals surface area (Å²) in [5.74, 6) is 0. The highest BCUT2D eigenvalue weighted by molar-refractivity contribution is 4.81. The Labute approximate surface area is 96.7 Å². The maximum atomic E-state index is 11.3. The first kappa shape index (κ1) is 12.9. The van der Waals surface area contributed by atoms with Crippen molar-refractivity contribution in [2.24, 2.45) is 0 Å². The molecule has 0 fully saturated rings. The van der Waals surface area contributed by atoms with Crippen LogP contribution in [0.4, 0.5) is 0 Å². The first-order valence-corrected chi connectivity index (χ1v) is 5.74. The topological polar surface area (TPSA) is 46.9 Å². The highest BCUT2D eigenvalue weighted by Gasteiger charge is 2.06. The van der Waals surface area contributed by atoms with Gasteiger partial charge in [-0.15, -0.1) is 0 Å². The summed E-state index contributed by atoms with van der Waals surface area (Å²) in [4.78, 5) is 15.3. The van der Waals surface area contributed by atoms with E-state index < -0.39 is 0 Å². The predicted molar refractivity (Wildman–Crippen MR) is 65.5 cm³/mol. The third-order valence-electron chi connectivity index (χ3n) is 2.27. The van der Waals surface area contributed by atoms with Crippen molar-refractivity contribution >= 4 is 0 Å². The van der Waals surface area contributed by atoms with Gasteiger partial charge in [-0.3, -0.25) is 9.36 Å². The van der Waals surface area contributed by atoms with E-state index in [9.17, 15) is 4.79 Å². The molecule has 1 rings (SSSR count). The first-order valence-electron chi connectivity index (χ1n) is 5.74. The second kappa shape index (κ2) is 5.80. The van der Waals surface area contributed by atoms with Crippen LogP contribution >= 0.6 is 0 Å². The molecule has 0 radical (unpaired) electrons. The van der Waals surface area contributed by atoms with Crippen LogP contribution in [0.3, 0.4) is 0 Å². The fourth-order valence-electron chi connectivity index (χ4n) is 1.42. The van der Waals surface area contributed by atoms with Crippen molar-refractivity contribution in [2.75, 3.05) is 6.54 Å². The van der Waals surface area contributed by atoms with Crippen LogP contribution < -0.4 is 10.9 Å². The lowest BCUT2D eigenvalue weighted by Gasteiger charge is -2.20. The van der Waals surface area contributed by atoms with Crippen LogP contribution in [0.25, 0.3) is 0 Å². The second-order valence-electron chi connectivity index (χ2n) is 5.00. The highest BCUT2D eigenvalue weighted by atomic mass is 16.1. The molecule has 0 spiro atoms. The fourth-order valence-corrected chi connectivity index (χ4v) is 1.42. The van der Waals surface area contributed by atoms with E-state index in [1.165, 1.54) is 12.3 Å². The van der Waals surface area contributed by atoms with E-state index >= 15 is 0 Å². The van der Waals surface area contributed by atoms with Gasteiger partial charge in [0.25, 0.3) is 5.56 Å². The molecule has 4 nitrogen and oxygen atoms in total. The van der Waals surface area contributed by atoms with Gasteiger partial charge >= 0.3 is 0 Å². The van der Waals surface area contributed by atoms with Gasteiger partial charge in [0.05, 0.1) is 6.33 Å². The molecule has 1 N–H and O–H groups in total. The van der Waals surface area contributed by atoms with Gasteiger partial charge in [-0.25, -0.2) is 4.98 Å². The number of hydrogen-bond acceptors (Lipinski definition) is 3. The minimum absolute atomic E-state index is 0.0266. The Bertz CT molecular complexity index is 365. The summed E-state index contributed by atoms with van der Waals surface area (Å²) in [6.45, 7) is 8.19. The number of aryl methyl sites for hydroxylation is 1. The Kier molecular flexibility index (Phi) is 4.68. The van der Waals surface area contributed by atoms with Crippen LogP contribution in [-0.2, 0) is 6.54 Å². The molecule has 0 amide bonds. The molecule has 0 aliphatic heterocycles. The molecule has 0 bridgehead atoms. The molecule has 16 heavy (non-hydrogen) atoms. The lowest BCUT2D eigenvalue weighted by Crippen LogP contribution is -2.36. The molecule has 4 heteroatoms. The summed E-state index contributed by atoms with van der Waals surface area (Å²) in [5, 5.41) is 3.42. The molecule has 0 unspecified atom stereocenters. The van der Waals surface area contributed by atoms with E-state index in [1.807, 2.05) is 0 Å². The Morgan fingerprint density at radius 1 is 1.38 bits per heavy atom. The van der Waals surface area contributed by atoms with Crippen molar-refractivity contribution in [3.05, 3.63) is 28.9 Å². The molecule has 0 aliphatic carbocycles. The number of nitrogens with one attached hydrogen (secondary N) is 1. The lowest BCUT2D eigenvalue weighted by atomic mass is 10.1. The zero-order valence-corrected chi connectivity index (χ0v) is 10.4. The van der Waals surface area contributed by atoms with Crippen molar-refractivity contribution in [1.29, 1.82) is 0 Å². The van der Waals surface area contributed by atoms with Crippen molar-refractivity contribution < 1.29 is 0 Å². The largest absolute Gasteiger partial charge is 0.312 e. The van der Waals surface area contributed by atoms with Gasteiger partial charge < -0.3 is 5.32 Å². The Morgan fingerprint density at radius 2 is 2.12 bits per heavy atom. The van der Waals surface area contributed by atoms with Crippen molar-refractivity contribution in [1.82, 2.24) is 14.9 Å². The molecule has 0 aliphatic rings. The van der Waals surface area contributed by atoms with Crippen LogP contribution in [-0.4, -0.2) is 21.6 Å². The number of nitrogens with zero attached hydrogens (tertiary/aromatic N) is 2. The summed E-state index contributed by atoms with van der Waals surface area (Å²) in [7, 11) is 0. The second-order valence-corrected chi connectivity index (χ2v) is 5.00. The molecule has 0 saturated heterocycles. The molecule has 0 aromatic carbocycles. The van der Waals surface area contributed by atoms with Gasteiger partial charge in [0.15, 0.2) is 0 Å². The van der Waals surface area contributed by atoms with Gasteiger partial charge in [-0.2, -0.15) is 0 Å². The van der Waals surface area contributed by atoms with E-state index in [2.05, 4.69) is 31.1 Å². The summed E-state index contributed by atoms with van der Waals surface area (Å²) in [5.41, 5.74) is 0.198. The maximum Gasteiger partial charge on any atom is 0.253 e. The summed E-state index contributed by atoms with van der Waals surface area (Å²) >= 11 is 0. The lowest BCUT2D eigenvalue weighted by molar-refractivity contribution is 0.413. The van der Waals surface area contributed by atoms with E-state index in [0.29, 0.717) is 0 Å². The van der Waals surface area contributed by atoms with E-state index in [0.717, 1.165) is 25.9 Å². The summed E-state index contributed by atoms with van der Waals surface area (Å²) in [6, 6.07) is 1.49. The quantitative estimate of drug-likeness (QED) is 0.768. The van der Waals surface area contributed by atoms with E-state index in [4.69, 9.17) is 0 Å². The smallest absolute Gasteiger partial charge is 0.253 e. The monoisotopic (exact) mass is 223 g/mol. The summed E-state index contributed by atoms with van der Waals surface area (Å²) < 4.78 is 1.65. The Hall–Kier alpha value is -1.16. The van der Waals surface area contributed by atoms with Crippen LogP contribution in [0.1, 0.15) is 33.6 Å². The standard InChI is InChI=1S/C12H21N3O/c1-12(2,3)14-7-4-5-9-15-10-13-8-6-11(15)16/h6,8,10,14H,4-5,7,9H2,1-3H3. The average Bonchev–Trinajstić information content (AvgIpc) is 2.18. The SMILES string of the molecule is CC(C)(C)NCCCCn1cnccc1=O. The third kappa shape index (κ3) is 5.07. The first-order chi connectivity index (χ1) is 7.49. The Morgan fingerprint density at radius 3 is 2.75 bits per heavy atom. The van der Waals surface area contributed by atoms with E-state index in [-0.39, 0.29) is 11.1 Å². The molecular formula is C12H21N3O. The normalized spacial score (nSPS) is 11.7. The van der Waals surface area contributed by atoms with Gasteiger partial charge in [-0.1, -0.05) is 0 Å². The average molecular weight is 223 g/mol. The van der Waals surface area contributed by atoms with Gasteiger partial charge in [0.1, 0.15) is 0 Å². The summed E-state index contributed by atoms with van der Waals surface area (Å²) in [6.07, 6.45) is 5.19. The van der Waals surface area contributed by atoms with Crippen molar-refractivity contribution in [2.45, 2.75) is 45.7 Å². The minimum atomic E-state index is 0.0266. The maximum absolute atomic E-state index is 11.3. The molecule has 90 valence electrons. The molecule has 1 heterocycles. The Balaban J connectivity index is 2.22. The van der Waals surface area contributed by atoms with E-state index in [1.54, 1.807) is 10.9 Å². The van der Waals surface area contributed by atoms with Crippen LogP contribution in [0, 0.1) is 0 Å². The van der Waals surface area contributed by atoms with Crippen LogP contribution in [0.2, 0.25) is 0 Å². The zero-order valence-electron chi connectivity index (χ0n) is 10.4. The molecule has 0 atom stereocenters. The van der Waals surface area contributed by atoms with Crippen molar-refractivity contribution in [3.63, 3.8) is 0 Å². The highest BCUT2D eigenvalue weighted by Crippen LogP contribution is 1.99. The van der Waals surface area contributed by atoms with Gasteiger partial charge in [-0.05, 0) is 40.2 Å². The zero-order chi connectivity index (χ0) is 12.0. The minimum Gasteiger partial charge on any atom is -0.312 e. The molecule has 1 aromatic heterocycles. The molecule has 1 aromatic rings. The number of rotatable bonds is 5. The van der Waals surface area contributed by atoms with Crippen LogP contribution in [0.15, 0.2) is 23.4 Å². The number of aromatic nitrogens is 2. The van der Waals surface area contributed by atoms with Gasteiger partial charge in [0.2, 0.25) is 0 Å². The van der Waals surface area contributed by atoms with Crippen molar-refractivity contribution in [3.8, 4) is 0 Å². The fraction of sp³-hybridized carbons (Fsp3) is 0.667. The third-order valence-corrected chi connectivity index (χ3v) is 2.27. The number of hydrogen-bond donors (Lipinski definition) is 1. The number of unbranched alkanes of at least 4 members (excludes halogenated alkanes) is 1. The predicted octanol–water partition coefficient (Wildman–Crippen LogP) is 1.41. The molecule has 0 saturated carbocycles. The van der Waals surface area contributed by atoms with Gasteiger partial charge in [0, 0.05) is 24.3 Å².